The van der Waals surface area contributed by atoms with Gasteiger partial charge in [-0.25, -0.2) is 0 Å². The van der Waals surface area contributed by atoms with E-state index in [9.17, 15) is 0 Å². The average molecular weight is 106 g/mol. The van der Waals surface area contributed by atoms with Crippen molar-refractivity contribution in [1.82, 2.24) is 0 Å². The second kappa shape index (κ2) is 3.33. The van der Waals surface area contributed by atoms with Gasteiger partial charge in [-0.3, -0.25) is 0 Å². The van der Waals surface area contributed by atoms with Crippen molar-refractivity contribution < 1.29 is 9.53 Å². The van der Waals surface area contributed by atoms with Gasteiger partial charge in [0.25, 0.3) is 0 Å². The van der Waals surface area contributed by atoms with E-state index in [1.807, 2.05) is 0 Å². The summed E-state index contributed by atoms with van der Waals surface area (Å²) in [4.78, 5) is 0. The van der Waals surface area contributed by atoms with E-state index in [0.29, 0.717) is 6.61 Å². The Morgan fingerprint density at radius 3 is 2.50 bits per heavy atom. The Balaban J connectivity index is 2.63. The molecule has 6 heavy (non-hydrogen) atoms. The Labute approximate surface area is 40.7 Å². The van der Waals surface area contributed by atoms with E-state index < -0.39 is 0 Å². The van der Waals surface area contributed by atoms with Crippen LogP contribution in [-0.2, 0) is 4.43 Å². The van der Waals surface area contributed by atoms with Crippen LogP contribution in [0.3, 0.4) is 0 Å². The third-order valence-electron chi connectivity index (χ3n) is 0.408. The first kappa shape index (κ1) is 6.14. The summed E-state index contributed by atoms with van der Waals surface area (Å²) in [6.07, 6.45) is -0.289. The van der Waals surface area contributed by atoms with Gasteiger partial charge in [-0.05, 0) is 6.92 Å². The minimum absolute atomic E-state index is 0.289. The van der Waals surface area contributed by atoms with Crippen molar-refractivity contribution in [2.45, 2.75) is 13.0 Å². The highest BCUT2D eigenvalue weighted by Crippen LogP contribution is 1.75. The van der Waals surface area contributed by atoms with Crippen LogP contribution in [0.4, 0.5) is 0 Å². The van der Waals surface area contributed by atoms with Crippen LogP contribution in [0.1, 0.15) is 6.92 Å². The Bertz CT molecular complexity index is 30.0. The molecule has 0 aliphatic rings. The van der Waals surface area contributed by atoms with Crippen molar-refractivity contribution in [3.05, 3.63) is 0 Å². The average Bonchev–Trinajstić information content (AvgIpc) is 1.35. The van der Waals surface area contributed by atoms with Crippen LogP contribution >= 0.6 is 0 Å². The van der Waals surface area contributed by atoms with Gasteiger partial charge in [0.1, 0.15) is 10.5 Å². The Hall–Kier alpha value is 0.137. The molecule has 0 aliphatic carbocycles. The molecule has 1 N–H and O–H groups in total. The van der Waals surface area contributed by atoms with Gasteiger partial charge in [0.2, 0.25) is 0 Å². The maximum Gasteiger partial charge on any atom is 0.146 e. The number of rotatable bonds is 2. The summed E-state index contributed by atoms with van der Waals surface area (Å²) in [6.45, 7) is 2.20. The summed E-state index contributed by atoms with van der Waals surface area (Å²) in [5.74, 6) is 0. The fourth-order valence-electron chi connectivity index (χ4n) is 0.241. The van der Waals surface area contributed by atoms with Gasteiger partial charge < -0.3 is 9.53 Å². The highest BCUT2D eigenvalue weighted by Gasteiger charge is 1.87. The summed E-state index contributed by atoms with van der Waals surface area (Å²) in [5.41, 5.74) is 0. The minimum Gasteiger partial charge on any atom is -0.425 e. The standard InChI is InChI=1S/C3H10O2Si/c1-3(4)2-5-6/h3-4H,2H2,1,6H3/t3-/m1/s1. The lowest BCUT2D eigenvalue weighted by atomic mass is 10.5. The zero-order valence-corrected chi connectivity index (χ0v) is 6.14. The molecule has 1 atom stereocenters. The van der Waals surface area contributed by atoms with Gasteiger partial charge >= 0.3 is 0 Å². The molecule has 0 aromatic carbocycles. The normalized spacial score (nSPS) is 15.0. The van der Waals surface area contributed by atoms with Gasteiger partial charge in [-0.2, -0.15) is 0 Å². The number of aliphatic hydroxyl groups is 1. The van der Waals surface area contributed by atoms with E-state index in [4.69, 9.17) is 9.53 Å². The van der Waals surface area contributed by atoms with Gasteiger partial charge in [0.05, 0.1) is 12.7 Å². The molecule has 3 heteroatoms. The van der Waals surface area contributed by atoms with Crippen LogP contribution in [-0.4, -0.2) is 28.3 Å². The zero-order valence-electron chi connectivity index (χ0n) is 4.14. The van der Waals surface area contributed by atoms with Crippen molar-refractivity contribution in [3.63, 3.8) is 0 Å². The first-order valence-electron chi connectivity index (χ1n) is 1.94. The molecule has 2 nitrogen and oxygen atoms in total. The van der Waals surface area contributed by atoms with Crippen molar-refractivity contribution in [2.24, 2.45) is 0 Å². The van der Waals surface area contributed by atoms with Crippen molar-refractivity contribution in [2.75, 3.05) is 6.61 Å². The third kappa shape index (κ3) is 4.14. The first-order chi connectivity index (χ1) is 2.77. The van der Waals surface area contributed by atoms with E-state index >= 15 is 0 Å². The number of aliphatic hydroxyl groups excluding tert-OH is 1. The molecule has 0 saturated heterocycles. The van der Waals surface area contributed by atoms with Gasteiger partial charge in [0.15, 0.2) is 0 Å². The quantitative estimate of drug-likeness (QED) is 0.442. The van der Waals surface area contributed by atoms with E-state index in [1.165, 1.54) is 0 Å². The third-order valence-corrected chi connectivity index (χ3v) is 0.741. The van der Waals surface area contributed by atoms with E-state index in [2.05, 4.69) is 0 Å². The Kier molecular flexibility index (Phi) is 3.41. The van der Waals surface area contributed by atoms with Gasteiger partial charge in [0, 0.05) is 0 Å². The van der Waals surface area contributed by atoms with E-state index in [-0.39, 0.29) is 6.10 Å². The van der Waals surface area contributed by atoms with Crippen LogP contribution in [0.2, 0.25) is 0 Å². The lowest BCUT2D eigenvalue weighted by molar-refractivity contribution is 0.128. The molecule has 0 aromatic rings. The molecule has 0 fully saturated rings. The molecule has 0 radical (unpaired) electrons. The maximum atomic E-state index is 8.45. The monoisotopic (exact) mass is 106 g/mol. The van der Waals surface area contributed by atoms with Crippen molar-refractivity contribution >= 4 is 10.5 Å². The highest BCUT2D eigenvalue weighted by atomic mass is 28.2. The summed E-state index contributed by atoms with van der Waals surface area (Å²) in [6, 6.07) is 0. The molecule has 0 bridgehead atoms. The predicted octanol–water partition coefficient (Wildman–Crippen LogP) is -1.34. The van der Waals surface area contributed by atoms with Crippen LogP contribution in [0.25, 0.3) is 0 Å². The molecule has 0 unspecified atom stereocenters. The fourth-order valence-corrected chi connectivity index (χ4v) is 0.724. The number of hydrogen-bond acceptors (Lipinski definition) is 2. The topological polar surface area (TPSA) is 29.5 Å². The lowest BCUT2D eigenvalue weighted by Gasteiger charge is -1.98. The van der Waals surface area contributed by atoms with Crippen LogP contribution in [0, 0.1) is 0 Å². The second-order valence-corrected chi connectivity index (χ2v) is 1.88. The highest BCUT2D eigenvalue weighted by molar-refractivity contribution is 5.97. The molecular formula is C3H10O2Si. The molecule has 0 aliphatic heterocycles. The van der Waals surface area contributed by atoms with Crippen molar-refractivity contribution in [1.29, 1.82) is 0 Å². The lowest BCUT2D eigenvalue weighted by Crippen LogP contribution is -2.07. The minimum atomic E-state index is -0.289. The van der Waals surface area contributed by atoms with Gasteiger partial charge in [-0.15, -0.1) is 0 Å². The zero-order chi connectivity index (χ0) is 4.99. The van der Waals surface area contributed by atoms with Crippen LogP contribution < -0.4 is 0 Å². The number of hydrogen-bond donors (Lipinski definition) is 1. The second-order valence-electron chi connectivity index (χ2n) is 1.30. The largest absolute Gasteiger partial charge is 0.425 e. The SMILES string of the molecule is C[C@@H](O)CO[SiH3]. The van der Waals surface area contributed by atoms with E-state index in [0.717, 1.165) is 10.5 Å². The first-order valence-corrected chi connectivity index (χ1v) is 2.76. The fraction of sp³-hybridized carbons (Fsp3) is 1.00. The summed E-state index contributed by atoms with van der Waals surface area (Å²) < 4.78 is 4.69. The van der Waals surface area contributed by atoms with Gasteiger partial charge in [-0.1, -0.05) is 0 Å². The molecule has 0 amide bonds. The summed E-state index contributed by atoms with van der Waals surface area (Å²) >= 11 is 0. The molecule has 38 valence electrons. The summed E-state index contributed by atoms with van der Waals surface area (Å²) in [7, 11) is 0.727. The molecular weight excluding hydrogens is 96.1 g/mol. The summed E-state index contributed by atoms with van der Waals surface area (Å²) in [5, 5.41) is 8.45. The van der Waals surface area contributed by atoms with E-state index in [1.54, 1.807) is 6.92 Å². The van der Waals surface area contributed by atoms with Crippen LogP contribution in [0.5, 0.6) is 0 Å². The predicted molar refractivity (Wildman–Crippen MR) is 27.6 cm³/mol. The Morgan fingerprint density at radius 2 is 2.50 bits per heavy atom. The molecule has 0 spiro atoms. The van der Waals surface area contributed by atoms with Crippen molar-refractivity contribution in [3.8, 4) is 0 Å². The molecule has 0 aromatic heterocycles. The molecule has 0 rings (SSSR count). The Morgan fingerprint density at radius 1 is 2.00 bits per heavy atom. The maximum absolute atomic E-state index is 8.45. The molecule has 0 heterocycles. The molecule has 0 saturated carbocycles. The smallest absolute Gasteiger partial charge is 0.146 e. The van der Waals surface area contributed by atoms with Crippen LogP contribution in [0.15, 0.2) is 0 Å².